The summed E-state index contributed by atoms with van der Waals surface area (Å²) in [6.07, 6.45) is 2.77. The molecule has 1 aliphatic heterocycles. The van der Waals surface area contributed by atoms with Crippen LogP contribution in [-0.2, 0) is 4.84 Å². The smallest absolute Gasteiger partial charge is 0.100 e. The summed E-state index contributed by atoms with van der Waals surface area (Å²) in [7, 11) is 4.17. The Labute approximate surface area is 131 Å². The largest absolute Gasteiger partial charge is 0.306 e. The Hall–Kier alpha value is -0.200. The topological polar surface area (TPSA) is 22.2 Å². The molecule has 126 valence electrons. The van der Waals surface area contributed by atoms with E-state index in [0.29, 0.717) is 6.17 Å². The molecule has 0 radical (unpaired) electrons. The van der Waals surface area contributed by atoms with Crippen LogP contribution in [0.1, 0.15) is 61.3 Å². The quantitative estimate of drug-likeness (QED) is 0.719. The fourth-order valence-corrected chi connectivity index (χ4v) is 3.01. The number of unbranched alkanes of at least 4 members (excludes halogenated alkanes) is 1. The van der Waals surface area contributed by atoms with Crippen LogP contribution in [0.4, 0.5) is 0 Å². The number of likely N-dealkylation sites (N-methyl/N-ethyl adjacent to an activating group) is 1. The molecule has 0 bridgehead atoms. The third-order valence-electron chi connectivity index (χ3n) is 3.64. The van der Waals surface area contributed by atoms with Gasteiger partial charge in [-0.1, -0.05) is 13.3 Å². The van der Waals surface area contributed by atoms with E-state index in [1.165, 1.54) is 12.8 Å². The van der Waals surface area contributed by atoms with E-state index in [4.69, 9.17) is 4.84 Å². The molecule has 1 aliphatic rings. The van der Waals surface area contributed by atoms with Gasteiger partial charge in [-0.05, 0) is 67.3 Å². The molecule has 0 amide bonds. The van der Waals surface area contributed by atoms with E-state index in [0.717, 1.165) is 13.1 Å². The average molecular weight is 300 g/mol. The number of hydrazine groups is 2. The molecule has 0 aromatic carbocycles. The van der Waals surface area contributed by atoms with Gasteiger partial charge in [-0.15, -0.1) is 0 Å². The zero-order valence-electron chi connectivity index (χ0n) is 15.6. The first-order chi connectivity index (χ1) is 9.49. The zero-order valence-corrected chi connectivity index (χ0v) is 15.6. The van der Waals surface area contributed by atoms with Gasteiger partial charge in [0.25, 0.3) is 0 Å². The van der Waals surface area contributed by atoms with Gasteiger partial charge in [-0.25, -0.2) is 0 Å². The standard InChI is InChI=1S/C16H36N4O/c1-10-11-12-18-14(2)19(15(3,4)5)20(18)21-16(6,7)13-17(8)9/h14H,10-13H2,1-9H3. The molecule has 0 N–H and O–H groups in total. The minimum absolute atomic E-state index is 0.0519. The summed E-state index contributed by atoms with van der Waals surface area (Å²) < 4.78 is 0. The Morgan fingerprint density at radius 2 is 1.67 bits per heavy atom. The van der Waals surface area contributed by atoms with Crippen molar-refractivity contribution < 1.29 is 4.84 Å². The fraction of sp³-hybridized carbons (Fsp3) is 1.00. The summed E-state index contributed by atoms with van der Waals surface area (Å²) in [5.41, 5.74) is -0.173. The predicted molar refractivity (Wildman–Crippen MR) is 88.2 cm³/mol. The van der Waals surface area contributed by atoms with Gasteiger partial charge in [0, 0.05) is 18.6 Å². The molecule has 1 atom stereocenters. The lowest BCUT2D eigenvalue weighted by Gasteiger charge is -2.62. The molecule has 1 heterocycles. The molecule has 0 saturated carbocycles. The number of nitrogens with zero attached hydrogens (tertiary/aromatic N) is 4. The predicted octanol–water partition coefficient (Wildman–Crippen LogP) is 2.95. The lowest BCUT2D eigenvalue weighted by molar-refractivity contribution is -0.538. The number of hydrogen-bond donors (Lipinski definition) is 0. The second kappa shape index (κ2) is 6.92. The maximum absolute atomic E-state index is 6.35. The van der Waals surface area contributed by atoms with Gasteiger partial charge < -0.3 is 4.90 Å². The first-order valence-electron chi connectivity index (χ1n) is 8.19. The third kappa shape index (κ3) is 4.89. The van der Waals surface area contributed by atoms with Crippen LogP contribution in [0, 0.1) is 0 Å². The van der Waals surface area contributed by atoms with Crippen molar-refractivity contribution in [2.24, 2.45) is 0 Å². The summed E-state index contributed by atoms with van der Waals surface area (Å²) in [6, 6.07) is 0. The molecular weight excluding hydrogens is 264 g/mol. The summed E-state index contributed by atoms with van der Waals surface area (Å²) in [5, 5.41) is 6.65. The molecule has 0 aliphatic carbocycles. The van der Waals surface area contributed by atoms with Gasteiger partial charge in [-0.3, -0.25) is 4.84 Å². The van der Waals surface area contributed by atoms with Gasteiger partial charge in [0.05, 0.1) is 6.17 Å². The van der Waals surface area contributed by atoms with Crippen molar-refractivity contribution in [2.75, 3.05) is 27.2 Å². The lowest BCUT2D eigenvalue weighted by Crippen LogP contribution is -2.78. The average Bonchev–Trinajstić information content (AvgIpc) is 2.24. The Kier molecular flexibility index (Phi) is 6.21. The molecule has 5 heteroatoms. The molecular formula is C16H36N4O. The maximum Gasteiger partial charge on any atom is 0.100 e. The molecule has 1 unspecified atom stereocenters. The number of rotatable bonds is 7. The molecule has 1 rings (SSSR count). The van der Waals surface area contributed by atoms with Crippen LogP contribution in [-0.4, -0.2) is 64.7 Å². The zero-order chi connectivity index (χ0) is 16.4. The van der Waals surface area contributed by atoms with Crippen molar-refractivity contribution in [3.05, 3.63) is 0 Å². The van der Waals surface area contributed by atoms with Crippen LogP contribution < -0.4 is 0 Å². The Bertz CT molecular complexity index is 325. The highest BCUT2D eigenvalue weighted by Gasteiger charge is 2.50. The lowest BCUT2D eigenvalue weighted by atomic mass is 10.1. The molecule has 5 nitrogen and oxygen atoms in total. The SMILES string of the molecule is CCCCN1C(C)N(C(C)(C)C)N1OC(C)(C)CN(C)C. The van der Waals surface area contributed by atoms with Gasteiger partial charge in [0.15, 0.2) is 0 Å². The summed E-state index contributed by atoms with van der Waals surface area (Å²) in [4.78, 5) is 8.52. The monoisotopic (exact) mass is 300 g/mol. The van der Waals surface area contributed by atoms with Crippen LogP contribution in [0.2, 0.25) is 0 Å². The summed E-state index contributed by atoms with van der Waals surface area (Å²) in [6.45, 7) is 17.4. The van der Waals surface area contributed by atoms with Crippen molar-refractivity contribution in [3.8, 4) is 0 Å². The van der Waals surface area contributed by atoms with Crippen LogP contribution in [0.15, 0.2) is 0 Å². The number of hydrogen-bond acceptors (Lipinski definition) is 5. The van der Waals surface area contributed by atoms with Gasteiger partial charge in [-0.2, -0.15) is 10.0 Å². The highest BCUT2D eigenvalue weighted by atomic mass is 16.8. The highest BCUT2D eigenvalue weighted by Crippen LogP contribution is 2.35. The van der Waals surface area contributed by atoms with Crippen LogP contribution >= 0.6 is 0 Å². The van der Waals surface area contributed by atoms with E-state index >= 15 is 0 Å². The molecule has 1 saturated heterocycles. The third-order valence-corrected chi connectivity index (χ3v) is 3.64. The minimum Gasteiger partial charge on any atom is -0.306 e. The Morgan fingerprint density at radius 1 is 1.10 bits per heavy atom. The summed E-state index contributed by atoms with van der Waals surface area (Å²) in [5.74, 6) is 0. The minimum atomic E-state index is -0.225. The highest BCUT2D eigenvalue weighted by molar-refractivity contribution is 4.84. The van der Waals surface area contributed by atoms with Crippen molar-refractivity contribution in [2.45, 2.75) is 78.6 Å². The second-order valence-corrected chi connectivity index (χ2v) is 8.01. The van der Waals surface area contributed by atoms with Crippen LogP contribution in [0.25, 0.3) is 0 Å². The van der Waals surface area contributed by atoms with Crippen LogP contribution in [0.5, 0.6) is 0 Å². The van der Waals surface area contributed by atoms with Crippen molar-refractivity contribution >= 4 is 0 Å². The van der Waals surface area contributed by atoms with E-state index in [9.17, 15) is 0 Å². The summed E-state index contributed by atoms with van der Waals surface area (Å²) >= 11 is 0. The fourth-order valence-electron chi connectivity index (χ4n) is 3.01. The molecule has 1 fully saturated rings. The van der Waals surface area contributed by atoms with Gasteiger partial charge in [0.2, 0.25) is 0 Å². The van der Waals surface area contributed by atoms with E-state index in [1.807, 2.05) is 5.28 Å². The molecule has 0 aromatic rings. The Morgan fingerprint density at radius 3 is 2.10 bits per heavy atom. The van der Waals surface area contributed by atoms with E-state index < -0.39 is 0 Å². The van der Waals surface area contributed by atoms with Gasteiger partial charge in [0.1, 0.15) is 5.60 Å². The maximum atomic E-state index is 6.35. The molecule has 0 aromatic heterocycles. The van der Waals surface area contributed by atoms with E-state index in [1.54, 1.807) is 0 Å². The van der Waals surface area contributed by atoms with Crippen LogP contribution in [0.3, 0.4) is 0 Å². The second-order valence-electron chi connectivity index (χ2n) is 8.01. The Balaban J connectivity index is 2.80. The van der Waals surface area contributed by atoms with Crippen molar-refractivity contribution in [3.63, 3.8) is 0 Å². The van der Waals surface area contributed by atoms with Gasteiger partial charge >= 0.3 is 0 Å². The van der Waals surface area contributed by atoms with Crippen molar-refractivity contribution in [1.29, 1.82) is 0 Å². The molecule has 21 heavy (non-hydrogen) atoms. The van der Waals surface area contributed by atoms with E-state index in [-0.39, 0.29) is 11.1 Å². The first kappa shape index (κ1) is 18.8. The van der Waals surface area contributed by atoms with Crippen molar-refractivity contribution in [1.82, 2.24) is 20.2 Å². The molecule has 0 spiro atoms. The van der Waals surface area contributed by atoms with E-state index in [2.05, 4.69) is 77.5 Å². The first-order valence-corrected chi connectivity index (χ1v) is 8.19. The normalized spacial score (nSPS) is 22.9.